The van der Waals surface area contributed by atoms with E-state index in [1.807, 2.05) is 0 Å². The van der Waals surface area contributed by atoms with Gasteiger partial charge in [-0.25, -0.2) is 9.97 Å². The molecule has 7 heteroatoms. The van der Waals surface area contributed by atoms with Crippen LogP contribution in [0.15, 0.2) is 30.6 Å². The van der Waals surface area contributed by atoms with Crippen LogP contribution in [0.1, 0.15) is 23.3 Å². The summed E-state index contributed by atoms with van der Waals surface area (Å²) in [6.07, 6.45) is 3.14. The minimum Gasteiger partial charge on any atom is -0.506 e. The predicted octanol–water partition coefficient (Wildman–Crippen LogP) is 3.87. The van der Waals surface area contributed by atoms with Crippen LogP contribution < -0.4 is 10.2 Å². The van der Waals surface area contributed by atoms with Crippen molar-refractivity contribution < 1.29 is 9.90 Å². The Balaban J connectivity index is 1.47. The first kappa shape index (κ1) is 17.7. The number of nitrogens with zero attached hydrogens (tertiary/aromatic N) is 3. The standard InChI is InChI=1S/C20H22N4O2S/c1-12-13(2)27-20-17(12)18(21-11-22-20)24-9-7-14(8-10-24)19(26)23-15-5-3-4-6-16(15)25/h3-6,11,14,25H,7-10H2,1-2H3,(H,23,26). The maximum atomic E-state index is 12.6. The predicted molar refractivity (Wildman–Crippen MR) is 109 cm³/mol. The molecule has 6 nitrogen and oxygen atoms in total. The number of benzene rings is 1. The maximum absolute atomic E-state index is 12.6. The van der Waals surface area contributed by atoms with E-state index in [1.165, 1.54) is 10.4 Å². The van der Waals surface area contributed by atoms with Crippen molar-refractivity contribution in [2.24, 2.45) is 5.92 Å². The summed E-state index contributed by atoms with van der Waals surface area (Å²) in [5.74, 6) is 0.964. The number of amides is 1. The minimum atomic E-state index is -0.0662. The number of fused-ring (bicyclic) bond motifs is 1. The summed E-state index contributed by atoms with van der Waals surface area (Å²) in [5, 5.41) is 13.8. The molecule has 4 rings (SSSR count). The van der Waals surface area contributed by atoms with Gasteiger partial charge in [0.15, 0.2) is 0 Å². The van der Waals surface area contributed by atoms with E-state index in [-0.39, 0.29) is 17.6 Å². The Hall–Kier alpha value is -2.67. The van der Waals surface area contributed by atoms with E-state index in [0.29, 0.717) is 5.69 Å². The van der Waals surface area contributed by atoms with E-state index in [9.17, 15) is 9.90 Å². The summed E-state index contributed by atoms with van der Waals surface area (Å²) >= 11 is 1.70. The number of aryl methyl sites for hydroxylation is 2. The van der Waals surface area contributed by atoms with Gasteiger partial charge in [-0.1, -0.05) is 12.1 Å². The summed E-state index contributed by atoms with van der Waals surface area (Å²) < 4.78 is 0. The molecule has 0 radical (unpaired) electrons. The smallest absolute Gasteiger partial charge is 0.227 e. The van der Waals surface area contributed by atoms with Gasteiger partial charge in [-0.2, -0.15) is 0 Å². The second kappa shape index (κ2) is 7.15. The molecule has 2 N–H and O–H groups in total. The van der Waals surface area contributed by atoms with Gasteiger partial charge in [0, 0.05) is 23.9 Å². The number of aromatic hydroxyl groups is 1. The average molecular weight is 382 g/mol. The zero-order valence-corrected chi connectivity index (χ0v) is 16.2. The lowest BCUT2D eigenvalue weighted by molar-refractivity contribution is -0.120. The first-order chi connectivity index (χ1) is 13.0. The Kier molecular flexibility index (Phi) is 4.70. The number of aromatic nitrogens is 2. The molecule has 1 aliphatic rings. The number of hydrogen-bond donors (Lipinski definition) is 2. The first-order valence-electron chi connectivity index (χ1n) is 9.09. The molecule has 1 aliphatic heterocycles. The summed E-state index contributed by atoms with van der Waals surface area (Å²) in [6, 6.07) is 6.81. The number of phenols is 1. The van der Waals surface area contributed by atoms with E-state index in [0.717, 1.165) is 42.0 Å². The van der Waals surface area contributed by atoms with Gasteiger partial charge in [0.05, 0.1) is 11.1 Å². The van der Waals surface area contributed by atoms with Crippen LogP contribution in [0, 0.1) is 19.8 Å². The van der Waals surface area contributed by atoms with Gasteiger partial charge < -0.3 is 15.3 Å². The lowest BCUT2D eigenvalue weighted by atomic mass is 9.95. The highest BCUT2D eigenvalue weighted by atomic mass is 32.1. The molecule has 1 fully saturated rings. The Morgan fingerprint density at radius 2 is 1.96 bits per heavy atom. The van der Waals surface area contributed by atoms with Crippen LogP contribution in [-0.4, -0.2) is 34.1 Å². The quantitative estimate of drug-likeness (QED) is 0.673. The van der Waals surface area contributed by atoms with Gasteiger partial charge in [0.2, 0.25) is 5.91 Å². The molecule has 0 spiro atoms. The fraction of sp³-hybridized carbons (Fsp3) is 0.350. The third-order valence-corrected chi connectivity index (χ3v) is 6.39. The van der Waals surface area contributed by atoms with Gasteiger partial charge in [0.25, 0.3) is 0 Å². The molecule has 2 aromatic heterocycles. The van der Waals surface area contributed by atoms with Crippen LogP contribution in [0.3, 0.4) is 0 Å². The molecule has 3 aromatic rings. The van der Waals surface area contributed by atoms with Crippen molar-refractivity contribution in [1.29, 1.82) is 0 Å². The van der Waals surface area contributed by atoms with Crippen molar-refractivity contribution in [2.45, 2.75) is 26.7 Å². The topological polar surface area (TPSA) is 78.4 Å². The first-order valence-corrected chi connectivity index (χ1v) is 9.90. The third-order valence-electron chi connectivity index (χ3n) is 5.27. The molecule has 1 saturated heterocycles. The van der Waals surface area contributed by atoms with Crippen molar-refractivity contribution in [3.8, 4) is 5.75 Å². The van der Waals surface area contributed by atoms with Crippen molar-refractivity contribution >= 4 is 39.0 Å². The number of para-hydroxylation sites is 2. The Labute approximate surface area is 161 Å². The lowest BCUT2D eigenvalue weighted by Gasteiger charge is -2.32. The van der Waals surface area contributed by atoms with Crippen LogP contribution in [0.5, 0.6) is 5.75 Å². The molecule has 0 unspecified atom stereocenters. The molecule has 27 heavy (non-hydrogen) atoms. The number of carbonyl (C=O) groups is 1. The number of rotatable bonds is 3. The van der Waals surface area contributed by atoms with Gasteiger partial charge in [-0.3, -0.25) is 4.79 Å². The molecule has 0 bridgehead atoms. The van der Waals surface area contributed by atoms with E-state index < -0.39 is 0 Å². The van der Waals surface area contributed by atoms with Crippen LogP contribution in [0.4, 0.5) is 11.5 Å². The number of phenolic OH excluding ortho intramolecular Hbond substituents is 1. The normalized spacial score (nSPS) is 15.3. The van der Waals surface area contributed by atoms with Gasteiger partial charge in [0.1, 0.15) is 22.7 Å². The highest BCUT2D eigenvalue weighted by Crippen LogP contribution is 2.35. The Morgan fingerprint density at radius 1 is 1.22 bits per heavy atom. The van der Waals surface area contributed by atoms with E-state index >= 15 is 0 Å². The summed E-state index contributed by atoms with van der Waals surface area (Å²) in [4.78, 5) is 26.1. The van der Waals surface area contributed by atoms with Crippen LogP contribution in [0.2, 0.25) is 0 Å². The summed E-state index contributed by atoms with van der Waals surface area (Å²) in [6.45, 7) is 5.78. The minimum absolute atomic E-state index is 0.0356. The number of hydrogen-bond acceptors (Lipinski definition) is 6. The second-order valence-electron chi connectivity index (χ2n) is 6.93. The Bertz CT molecular complexity index is 993. The summed E-state index contributed by atoms with van der Waals surface area (Å²) in [7, 11) is 0. The highest BCUT2D eigenvalue weighted by molar-refractivity contribution is 7.18. The van der Waals surface area contributed by atoms with Gasteiger partial charge in [-0.05, 0) is 44.4 Å². The zero-order valence-electron chi connectivity index (χ0n) is 15.4. The van der Waals surface area contributed by atoms with Gasteiger partial charge >= 0.3 is 0 Å². The van der Waals surface area contributed by atoms with Crippen LogP contribution in [0.25, 0.3) is 10.2 Å². The number of piperidine rings is 1. The van der Waals surface area contributed by atoms with Crippen LogP contribution >= 0.6 is 11.3 Å². The summed E-state index contributed by atoms with van der Waals surface area (Å²) in [5.41, 5.74) is 1.71. The second-order valence-corrected chi connectivity index (χ2v) is 8.13. The third kappa shape index (κ3) is 3.35. The average Bonchev–Trinajstić information content (AvgIpc) is 2.98. The number of anilines is 2. The van der Waals surface area contributed by atoms with Crippen LogP contribution in [-0.2, 0) is 4.79 Å². The SMILES string of the molecule is Cc1sc2ncnc(N3CCC(C(=O)Nc4ccccc4O)CC3)c2c1C. The van der Waals surface area contributed by atoms with E-state index in [4.69, 9.17) is 0 Å². The molecule has 1 aromatic carbocycles. The van der Waals surface area contributed by atoms with E-state index in [1.54, 1.807) is 41.9 Å². The van der Waals surface area contributed by atoms with Crippen molar-refractivity contribution in [2.75, 3.05) is 23.3 Å². The van der Waals surface area contributed by atoms with Crippen molar-refractivity contribution in [1.82, 2.24) is 9.97 Å². The molecular weight excluding hydrogens is 360 g/mol. The molecule has 140 valence electrons. The molecular formula is C20H22N4O2S. The fourth-order valence-electron chi connectivity index (χ4n) is 3.57. The largest absolute Gasteiger partial charge is 0.506 e. The lowest BCUT2D eigenvalue weighted by Crippen LogP contribution is -2.38. The zero-order chi connectivity index (χ0) is 19.0. The fourth-order valence-corrected chi connectivity index (χ4v) is 4.56. The molecule has 0 aliphatic carbocycles. The number of thiophene rings is 1. The number of carbonyl (C=O) groups excluding carboxylic acids is 1. The monoisotopic (exact) mass is 382 g/mol. The molecule has 0 saturated carbocycles. The highest BCUT2D eigenvalue weighted by Gasteiger charge is 2.27. The molecule has 3 heterocycles. The van der Waals surface area contributed by atoms with Gasteiger partial charge in [-0.15, -0.1) is 11.3 Å². The van der Waals surface area contributed by atoms with Crippen molar-refractivity contribution in [3.63, 3.8) is 0 Å². The molecule has 1 amide bonds. The Morgan fingerprint density at radius 3 is 2.70 bits per heavy atom. The van der Waals surface area contributed by atoms with Crippen molar-refractivity contribution in [3.05, 3.63) is 41.0 Å². The molecule has 0 atom stereocenters. The number of nitrogens with one attached hydrogen (secondary N) is 1. The maximum Gasteiger partial charge on any atom is 0.227 e. The van der Waals surface area contributed by atoms with E-state index in [2.05, 4.69) is 34.0 Å².